The Morgan fingerprint density at radius 3 is 1.39 bits per heavy atom. The third kappa shape index (κ3) is 3.30. The molecule has 0 aliphatic heterocycles. The van der Waals surface area contributed by atoms with Gasteiger partial charge in [0.25, 0.3) is 0 Å². The highest BCUT2D eigenvalue weighted by Gasteiger charge is 2.14. The number of rotatable bonds is 4. The quantitative estimate of drug-likeness (QED) is 0.456. The van der Waals surface area contributed by atoms with Crippen molar-refractivity contribution >= 4 is 35.1 Å². The van der Waals surface area contributed by atoms with Crippen molar-refractivity contribution in [3.05, 3.63) is 71.8 Å². The number of benzene rings is 3. The summed E-state index contributed by atoms with van der Waals surface area (Å²) in [5.74, 6) is 0. The van der Waals surface area contributed by atoms with Crippen LogP contribution in [-0.4, -0.2) is 12.5 Å². The molecule has 0 unspecified atom stereocenters. The fraction of sp³-hybridized carbons (Fsp3) is 0.100. The van der Waals surface area contributed by atoms with E-state index in [-0.39, 0.29) is 0 Å². The van der Waals surface area contributed by atoms with Gasteiger partial charge in [0.05, 0.1) is 5.02 Å². The predicted octanol–water partition coefficient (Wildman–Crippen LogP) is 7.12. The lowest BCUT2D eigenvalue weighted by molar-refractivity contribution is 1.42. The molecule has 0 saturated carbocycles. The zero-order valence-electron chi connectivity index (χ0n) is 13.0. The summed E-state index contributed by atoms with van der Waals surface area (Å²) in [6, 6.07) is 23.1. The molecule has 0 spiro atoms. The van der Waals surface area contributed by atoms with Crippen LogP contribution in [0.3, 0.4) is 0 Å². The summed E-state index contributed by atoms with van der Waals surface area (Å²) in [6.07, 6.45) is 4.19. The standard InChI is InChI=1S/C20H17ClS2/c1-22-18-12-5-3-8-14(18)16-10-7-11-17(20(16)21)15-9-4-6-13-19(15)23-2/h3-13H,1-2H3. The van der Waals surface area contributed by atoms with Gasteiger partial charge >= 0.3 is 0 Å². The molecule has 116 valence electrons. The fourth-order valence-electron chi connectivity index (χ4n) is 2.68. The van der Waals surface area contributed by atoms with Crippen molar-refractivity contribution in [3.8, 4) is 22.3 Å². The van der Waals surface area contributed by atoms with E-state index in [2.05, 4.69) is 79.2 Å². The summed E-state index contributed by atoms with van der Waals surface area (Å²) in [5, 5.41) is 0.815. The van der Waals surface area contributed by atoms with E-state index < -0.39 is 0 Å². The molecule has 3 heteroatoms. The second kappa shape index (κ2) is 7.48. The van der Waals surface area contributed by atoms with Crippen LogP contribution >= 0.6 is 35.1 Å². The van der Waals surface area contributed by atoms with Gasteiger partial charge in [0, 0.05) is 20.9 Å². The van der Waals surface area contributed by atoms with Crippen molar-refractivity contribution in [2.45, 2.75) is 9.79 Å². The Bertz CT molecular complexity index is 762. The summed E-state index contributed by atoms with van der Waals surface area (Å²) >= 11 is 10.3. The van der Waals surface area contributed by atoms with Crippen molar-refractivity contribution in [2.75, 3.05) is 12.5 Å². The summed E-state index contributed by atoms with van der Waals surface area (Å²) < 4.78 is 0. The summed E-state index contributed by atoms with van der Waals surface area (Å²) in [6.45, 7) is 0. The second-order valence-corrected chi connectivity index (χ2v) is 7.14. The third-order valence-electron chi connectivity index (χ3n) is 3.79. The smallest absolute Gasteiger partial charge is 0.0563 e. The largest absolute Gasteiger partial charge is 0.129 e. The average Bonchev–Trinajstić information content (AvgIpc) is 2.62. The maximum Gasteiger partial charge on any atom is 0.0563 e. The highest BCUT2D eigenvalue weighted by atomic mass is 35.5. The molecule has 0 fully saturated rings. The van der Waals surface area contributed by atoms with Crippen LogP contribution in [0.2, 0.25) is 5.02 Å². The molecule has 3 aromatic rings. The number of hydrogen-bond acceptors (Lipinski definition) is 2. The molecule has 0 amide bonds. The van der Waals surface area contributed by atoms with Gasteiger partial charge in [0.2, 0.25) is 0 Å². The van der Waals surface area contributed by atoms with Crippen LogP contribution in [0.25, 0.3) is 22.3 Å². The van der Waals surface area contributed by atoms with Crippen LogP contribution in [0.15, 0.2) is 76.5 Å². The summed E-state index contributed by atoms with van der Waals surface area (Å²) in [7, 11) is 0. The molecular weight excluding hydrogens is 340 g/mol. The van der Waals surface area contributed by atoms with E-state index in [9.17, 15) is 0 Å². The molecule has 23 heavy (non-hydrogen) atoms. The summed E-state index contributed by atoms with van der Waals surface area (Å²) in [4.78, 5) is 2.48. The molecule has 0 aliphatic carbocycles. The predicted molar refractivity (Wildman–Crippen MR) is 106 cm³/mol. The van der Waals surface area contributed by atoms with Crippen molar-refractivity contribution < 1.29 is 0 Å². The molecule has 0 aromatic heterocycles. The van der Waals surface area contributed by atoms with Gasteiger partial charge in [-0.1, -0.05) is 66.2 Å². The van der Waals surface area contributed by atoms with E-state index in [4.69, 9.17) is 11.6 Å². The topological polar surface area (TPSA) is 0 Å². The van der Waals surface area contributed by atoms with Crippen LogP contribution < -0.4 is 0 Å². The van der Waals surface area contributed by atoms with Crippen molar-refractivity contribution in [2.24, 2.45) is 0 Å². The fourth-order valence-corrected chi connectivity index (χ4v) is 4.24. The lowest BCUT2D eigenvalue weighted by atomic mass is 9.98. The van der Waals surface area contributed by atoms with E-state index in [0.717, 1.165) is 16.1 Å². The Kier molecular flexibility index (Phi) is 5.37. The normalized spacial score (nSPS) is 10.7. The molecule has 0 heterocycles. The van der Waals surface area contributed by atoms with Crippen LogP contribution in [0, 0.1) is 0 Å². The first-order valence-corrected chi connectivity index (χ1v) is 10.1. The third-order valence-corrected chi connectivity index (χ3v) is 5.79. The zero-order valence-corrected chi connectivity index (χ0v) is 15.4. The highest BCUT2D eigenvalue weighted by Crippen LogP contribution is 2.41. The Morgan fingerprint density at radius 2 is 0.957 bits per heavy atom. The van der Waals surface area contributed by atoms with Gasteiger partial charge in [0.15, 0.2) is 0 Å². The highest BCUT2D eigenvalue weighted by molar-refractivity contribution is 7.99. The van der Waals surface area contributed by atoms with Gasteiger partial charge in [-0.25, -0.2) is 0 Å². The monoisotopic (exact) mass is 356 g/mol. The first-order valence-electron chi connectivity index (χ1n) is 7.31. The molecule has 0 radical (unpaired) electrons. The van der Waals surface area contributed by atoms with Crippen molar-refractivity contribution in [3.63, 3.8) is 0 Å². The molecule has 0 atom stereocenters. The van der Waals surface area contributed by atoms with Gasteiger partial charge in [-0.3, -0.25) is 0 Å². The van der Waals surface area contributed by atoms with E-state index >= 15 is 0 Å². The maximum atomic E-state index is 6.82. The minimum absolute atomic E-state index is 0.815. The average molecular weight is 357 g/mol. The van der Waals surface area contributed by atoms with Gasteiger partial charge in [0.1, 0.15) is 0 Å². The molecule has 3 aromatic carbocycles. The second-order valence-electron chi connectivity index (χ2n) is 5.07. The van der Waals surface area contributed by atoms with Crippen LogP contribution in [0.1, 0.15) is 0 Å². The van der Waals surface area contributed by atoms with E-state index in [1.54, 1.807) is 23.5 Å². The Hall–Kier alpha value is -1.35. The van der Waals surface area contributed by atoms with Crippen LogP contribution in [-0.2, 0) is 0 Å². The molecular formula is C20H17ClS2. The minimum atomic E-state index is 0.815. The first kappa shape index (κ1) is 16.5. The van der Waals surface area contributed by atoms with Gasteiger partial charge < -0.3 is 0 Å². The van der Waals surface area contributed by atoms with E-state index in [1.165, 1.54) is 20.9 Å². The van der Waals surface area contributed by atoms with Crippen molar-refractivity contribution in [1.29, 1.82) is 0 Å². The Balaban J connectivity index is 2.20. The zero-order chi connectivity index (χ0) is 16.2. The lowest BCUT2D eigenvalue weighted by Gasteiger charge is -2.14. The summed E-state index contributed by atoms with van der Waals surface area (Å²) in [5.41, 5.74) is 4.55. The Morgan fingerprint density at radius 1 is 0.565 bits per heavy atom. The molecule has 0 aliphatic rings. The number of halogens is 1. The van der Waals surface area contributed by atoms with E-state index in [0.29, 0.717) is 0 Å². The molecule has 3 rings (SSSR count). The van der Waals surface area contributed by atoms with Gasteiger partial charge in [-0.15, -0.1) is 23.5 Å². The van der Waals surface area contributed by atoms with Crippen molar-refractivity contribution in [1.82, 2.24) is 0 Å². The van der Waals surface area contributed by atoms with Gasteiger partial charge in [-0.2, -0.15) is 0 Å². The number of hydrogen-bond donors (Lipinski definition) is 0. The molecule has 0 saturated heterocycles. The SMILES string of the molecule is CSc1ccccc1-c1cccc(-c2ccccc2SC)c1Cl. The molecule has 0 N–H and O–H groups in total. The van der Waals surface area contributed by atoms with Gasteiger partial charge in [-0.05, 0) is 35.8 Å². The minimum Gasteiger partial charge on any atom is -0.129 e. The number of thioether (sulfide) groups is 2. The first-order chi connectivity index (χ1) is 11.3. The Labute approximate surface area is 151 Å². The lowest BCUT2D eigenvalue weighted by Crippen LogP contribution is -1.88. The molecule has 0 bridgehead atoms. The van der Waals surface area contributed by atoms with E-state index in [1.807, 2.05) is 0 Å². The van der Waals surface area contributed by atoms with Crippen LogP contribution in [0.5, 0.6) is 0 Å². The van der Waals surface area contributed by atoms with Crippen LogP contribution in [0.4, 0.5) is 0 Å². The maximum absolute atomic E-state index is 6.82. The molecule has 0 nitrogen and oxygen atoms in total.